The Morgan fingerprint density at radius 1 is 1.36 bits per heavy atom. The smallest absolute Gasteiger partial charge is 0.201 e. The van der Waals surface area contributed by atoms with E-state index in [0.29, 0.717) is 11.9 Å². The maximum absolute atomic E-state index is 5.77. The second-order valence-electron chi connectivity index (χ2n) is 4.04. The molecule has 2 rings (SSSR count). The lowest BCUT2D eigenvalue weighted by atomic mass is 9.87. The minimum Gasteiger partial charge on any atom is -0.369 e. The fourth-order valence-electron chi connectivity index (χ4n) is 2.31. The molecule has 1 aliphatic carbocycles. The molecular weight excluding hydrogens is 242 g/mol. The van der Waals surface area contributed by atoms with Crippen molar-refractivity contribution in [1.29, 1.82) is 0 Å². The van der Waals surface area contributed by atoms with Gasteiger partial charge in [0.2, 0.25) is 5.95 Å². The van der Waals surface area contributed by atoms with Crippen molar-refractivity contribution in [3.8, 4) is 0 Å². The van der Waals surface area contributed by atoms with Crippen molar-refractivity contribution >= 4 is 21.9 Å². The Kier molecular flexibility index (Phi) is 2.81. The topological polar surface area (TPSA) is 43.8 Å². The zero-order chi connectivity index (χ0) is 10.1. The van der Waals surface area contributed by atoms with Crippen LogP contribution >= 0.6 is 15.9 Å². The number of aromatic nitrogens is 2. The molecule has 0 aliphatic heterocycles. The summed E-state index contributed by atoms with van der Waals surface area (Å²) in [7, 11) is 2.00. The highest BCUT2D eigenvalue weighted by molar-refractivity contribution is 9.10. The van der Waals surface area contributed by atoms with E-state index in [4.69, 9.17) is 5.73 Å². The molecule has 1 saturated carbocycles. The van der Waals surface area contributed by atoms with Gasteiger partial charge in [0, 0.05) is 13.0 Å². The molecule has 1 heterocycles. The third kappa shape index (κ3) is 1.67. The number of halogens is 1. The second kappa shape index (κ2) is 3.93. The molecule has 0 radical (unpaired) electrons. The van der Waals surface area contributed by atoms with Crippen molar-refractivity contribution in [2.24, 2.45) is 7.05 Å². The number of hydrogen-bond donors (Lipinski definition) is 1. The van der Waals surface area contributed by atoms with Crippen LogP contribution in [0.5, 0.6) is 0 Å². The number of imidazole rings is 1. The Labute approximate surface area is 92.8 Å². The van der Waals surface area contributed by atoms with Gasteiger partial charge in [-0.15, -0.1) is 0 Å². The number of hydrogen-bond acceptors (Lipinski definition) is 2. The van der Waals surface area contributed by atoms with Gasteiger partial charge in [0.1, 0.15) is 4.60 Å². The number of anilines is 1. The molecule has 78 valence electrons. The molecule has 1 fully saturated rings. The number of nitrogens with two attached hydrogens (primary N) is 1. The molecule has 1 aliphatic rings. The first-order chi connectivity index (χ1) is 6.70. The highest BCUT2D eigenvalue weighted by Crippen LogP contribution is 2.36. The van der Waals surface area contributed by atoms with E-state index in [1.54, 1.807) is 0 Å². The molecule has 0 atom stereocenters. The van der Waals surface area contributed by atoms with Crippen LogP contribution in [-0.4, -0.2) is 9.55 Å². The standard InChI is InChI=1S/C10H16BrN3/c1-14-8(9(11)13-10(14)12)7-5-3-2-4-6-7/h7H,2-6H2,1H3,(H2,12,13). The van der Waals surface area contributed by atoms with Crippen LogP contribution in [0.4, 0.5) is 5.95 Å². The molecule has 0 amide bonds. The molecule has 14 heavy (non-hydrogen) atoms. The summed E-state index contributed by atoms with van der Waals surface area (Å²) in [5, 5.41) is 0. The third-order valence-corrected chi connectivity index (χ3v) is 3.70. The fourth-order valence-corrected chi connectivity index (χ4v) is 3.08. The first-order valence-electron chi connectivity index (χ1n) is 5.17. The molecule has 0 spiro atoms. The summed E-state index contributed by atoms with van der Waals surface area (Å²) < 4.78 is 2.95. The molecular formula is C10H16BrN3. The van der Waals surface area contributed by atoms with Crippen LogP contribution in [0.2, 0.25) is 0 Å². The molecule has 0 aromatic carbocycles. The summed E-state index contributed by atoms with van der Waals surface area (Å²) in [5.41, 5.74) is 7.05. The summed E-state index contributed by atoms with van der Waals surface area (Å²) in [6.45, 7) is 0. The van der Waals surface area contributed by atoms with Crippen LogP contribution in [-0.2, 0) is 7.05 Å². The van der Waals surface area contributed by atoms with Gasteiger partial charge in [-0.2, -0.15) is 0 Å². The lowest BCUT2D eigenvalue weighted by Gasteiger charge is -2.22. The van der Waals surface area contributed by atoms with Crippen LogP contribution < -0.4 is 5.73 Å². The van der Waals surface area contributed by atoms with Gasteiger partial charge in [-0.05, 0) is 28.8 Å². The van der Waals surface area contributed by atoms with E-state index in [-0.39, 0.29) is 0 Å². The maximum atomic E-state index is 5.77. The lowest BCUT2D eigenvalue weighted by molar-refractivity contribution is 0.428. The molecule has 0 bridgehead atoms. The monoisotopic (exact) mass is 257 g/mol. The van der Waals surface area contributed by atoms with Crippen LogP contribution in [0.1, 0.15) is 43.7 Å². The van der Waals surface area contributed by atoms with Gasteiger partial charge < -0.3 is 10.3 Å². The Hall–Kier alpha value is -0.510. The molecule has 1 aromatic heterocycles. The summed E-state index contributed by atoms with van der Waals surface area (Å²) in [6, 6.07) is 0. The van der Waals surface area contributed by atoms with Crippen LogP contribution in [0, 0.1) is 0 Å². The normalized spacial score (nSPS) is 18.7. The molecule has 0 saturated heterocycles. The summed E-state index contributed by atoms with van der Waals surface area (Å²) in [5.74, 6) is 1.25. The summed E-state index contributed by atoms with van der Waals surface area (Å²) in [6.07, 6.45) is 6.60. The van der Waals surface area contributed by atoms with Gasteiger partial charge in [-0.3, -0.25) is 0 Å². The number of rotatable bonds is 1. The van der Waals surface area contributed by atoms with Crippen LogP contribution in [0.15, 0.2) is 4.60 Å². The largest absolute Gasteiger partial charge is 0.369 e. The second-order valence-corrected chi connectivity index (χ2v) is 4.79. The number of nitrogen functional groups attached to an aromatic ring is 1. The van der Waals surface area contributed by atoms with Gasteiger partial charge in [-0.1, -0.05) is 19.3 Å². The van der Waals surface area contributed by atoms with Crippen molar-refractivity contribution in [3.05, 3.63) is 10.3 Å². The predicted molar refractivity (Wildman–Crippen MR) is 61.1 cm³/mol. The summed E-state index contributed by atoms with van der Waals surface area (Å²) >= 11 is 3.49. The zero-order valence-corrected chi connectivity index (χ0v) is 10.0. The van der Waals surface area contributed by atoms with Crippen molar-refractivity contribution in [2.75, 3.05) is 5.73 Å². The molecule has 2 N–H and O–H groups in total. The van der Waals surface area contributed by atoms with E-state index < -0.39 is 0 Å². The first kappa shape index (κ1) is 10.0. The van der Waals surface area contributed by atoms with E-state index in [1.807, 2.05) is 11.6 Å². The molecule has 1 aromatic rings. The first-order valence-corrected chi connectivity index (χ1v) is 5.97. The SMILES string of the molecule is Cn1c(N)nc(Br)c1C1CCCCC1. The van der Waals surface area contributed by atoms with Crippen molar-refractivity contribution < 1.29 is 0 Å². The van der Waals surface area contributed by atoms with Crippen LogP contribution in [0.25, 0.3) is 0 Å². The van der Waals surface area contributed by atoms with E-state index >= 15 is 0 Å². The van der Waals surface area contributed by atoms with E-state index in [9.17, 15) is 0 Å². The lowest BCUT2D eigenvalue weighted by Crippen LogP contribution is -2.10. The molecule has 4 heteroatoms. The van der Waals surface area contributed by atoms with Crippen LogP contribution in [0.3, 0.4) is 0 Å². The van der Waals surface area contributed by atoms with Gasteiger partial charge in [-0.25, -0.2) is 4.98 Å². The van der Waals surface area contributed by atoms with Crippen molar-refractivity contribution in [1.82, 2.24) is 9.55 Å². The summed E-state index contributed by atoms with van der Waals surface area (Å²) in [4.78, 5) is 4.24. The molecule has 0 unspecified atom stereocenters. The average Bonchev–Trinajstić information content (AvgIpc) is 2.43. The quantitative estimate of drug-likeness (QED) is 0.841. The Morgan fingerprint density at radius 2 is 2.00 bits per heavy atom. The predicted octanol–water partition coefficient (Wildman–Crippen LogP) is 2.81. The van der Waals surface area contributed by atoms with E-state index in [0.717, 1.165) is 4.60 Å². The Bertz CT molecular complexity index is 326. The van der Waals surface area contributed by atoms with Crippen molar-refractivity contribution in [2.45, 2.75) is 38.0 Å². The maximum Gasteiger partial charge on any atom is 0.201 e. The van der Waals surface area contributed by atoms with Gasteiger partial charge in [0.05, 0.1) is 5.69 Å². The number of nitrogens with zero attached hydrogens (tertiary/aromatic N) is 2. The zero-order valence-electron chi connectivity index (χ0n) is 8.46. The van der Waals surface area contributed by atoms with Gasteiger partial charge in [0.25, 0.3) is 0 Å². The minimum atomic E-state index is 0.609. The Morgan fingerprint density at radius 3 is 2.50 bits per heavy atom. The van der Waals surface area contributed by atoms with Gasteiger partial charge in [0.15, 0.2) is 0 Å². The van der Waals surface area contributed by atoms with E-state index in [1.165, 1.54) is 37.8 Å². The minimum absolute atomic E-state index is 0.609. The van der Waals surface area contributed by atoms with E-state index in [2.05, 4.69) is 20.9 Å². The van der Waals surface area contributed by atoms with Gasteiger partial charge >= 0.3 is 0 Å². The molecule has 3 nitrogen and oxygen atoms in total. The Balaban J connectivity index is 2.29. The fraction of sp³-hybridized carbons (Fsp3) is 0.700. The highest BCUT2D eigenvalue weighted by Gasteiger charge is 2.22. The third-order valence-electron chi connectivity index (χ3n) is 3.12. The van der Waals surface area contributed by atoms with Crippen molar-refractivity contribution in [3.63, 3.8) is 0 Å². The average molecular weight is 258 g/mol. The highest BCUT2D eigenvalue weighted by atomic mass is 79.9.